The number of hydrogen-bond acceptors (Lipinski definition) is 3. The highest BCUT2D eigenvalue weighted by atomic mass is 16.5. The van der Waals surface area contributed by atoms with E-state index in [9.17, 15) is 0 Å². The normalized spacial score (nSPS) is 23.8. The Morgan fingerprint density at radius 2 is 1.59 bits per heavy atom. The molecule has 3 atom stereocenters. The number of benzene rings is 3. The molecular formula is C34H42O3. The lowest BCUT2D eigenvalue weighted by Gasteiger charge is -2.46. The summed E-state index contributed by atoms with van der Waals surface area (Å²) in [5, 5.41) is 0. The minimum absolute atomic E-state index is 0.0246. The molecule has 3 nitrogen and oxygen atoms in total. The molecule has 2 aliphatic carbocycles. The van der Waals surface area contributed by atoms with Crippen molar-refractivity contribution in [3.8, 4) is 17.2 Å². The Morgan fingerprint density at radius 3 is 2.27 bits per heavy atom. The van der Waals surface area contributed by atoms with Gasteiger partial charge in [-0.25, -0.2) is 0 Å². The summed E-state index contributed by atoms with van der Waals surface area (Å²) in [5.41, 5.74) is 5.47. The monoisotopic (exact) mass is 498 g/mol. The molecule has 0 amide bonds. The second-order valence-electron chi connectivity index (χ2n) is 11.6. The number of methoxy groups -OCH3 is 2. The van der Waals surface area contributed by atoms with Gasteiger partial charge < -0.3 is 14.2 Å². The van der Waals surface area contributed by atoms with Gasteiger partial charge >= 0.3 is 0 Å². The van der Waals surface area contributed by atoms with Crippen LogP contribution < -0.4 is 14.2 Å². The van der Waals surface area contributed by atoms with Crippen LogP contribution in [0.4, 0.5) is 0 Å². The molecule has 2 bridgehead atoms. The molecule has 0 heterocycles. The molecule has 0 aromatic heterocycles. The molecule has 37 heavy (non-hydrogen) atoms. The van der Waals surface area contributed by atoms with Gasteiger partial charge in [-0.1, -0.05) is 74.2 Å². The second kappa shape index (κ2) is 11.2. The van der Waals surface area contributed by atoms with Crippen molar-refractivity contribution in [3.05, 3.63) is 89.0 Å². The first-order valence-electron chi connectivity index (χ1n) is 14.0. The van der Waals surface area contributed by atoms with Crippen LogP contribution in [0, 0.1) is 18.8 Å². The molecule has 3 aromatic rings. The third kappa shape index (κ3) is 5.98. The SMILES string of the molecule is COc1ccc(CCC(Oc2ccc(C3(C)CC4CCCC(C4)C3)cc2)c2cccc(C)c2)cc1OC. The van der Waals surface area contributed by atoms with Gasteiger partial charge in [0.25, 0.3) is 0 Å². The lowest BCUT2D eigenvalue weighted by molar-refractivity contribution is 0.120. The van der Waals surface area contributed by atoms with Crippen LogP contribution in [0.2, 0.25) is 0 Å². The molecule has 196 valence electrons. The Labute approximate surface area is 223 Å². The van der Waals surface area contributed by atoms with Crippen molar-refractivity contribution in [1.82, 2.24) is 0 Å². The van der Waals surface area contributed by atoms with Crippen LogP contribution in [0.1, 0.15) is 80.2 Å². The molecule has 3 aromatic carbocycles. The maximum Gasteiger partial charge on any atom is 0.160 e. The van der Waals surface area contributed by atoms with E-state index in [1.165, 1.54) is 60.8 Å². The molecule has 5 rings (SSSR count). The molecular weight excluding hydrogens is 456 g/mol. The van der Waals surface area contributed by atoms with Crippen molar-refractivity contribution < 1.29 is 14.2 Å². The van der Waals surface area contributed by atoms with E-state index < -0.39 is 0 Å². The van der Waals surface area contributed by atoms with Gasteiger partial charge in [-0.05, 0) is 97.2 Å². The lowest BCUT2D eigenvalue weighted by atomic mass is 9.59. The molecule has 3 unspecified atom stereocenters. The van der Waals surface area contributed by atoms with E-state index in [4.69, 9.17) is 14.2 Å². The minimum atomic E-state index is -0.0246. The predicted molar refractivity (Wildman–Crippen MR) is 151 cm³/mol. The lowest BCUT2D eigenvalue weighted by Crippen LogP contribution is -2.36. The van der Waals surface area contributed by atoms with Crippen molar-refractivity contribution in [2.75, 3.05) is 14.2 Å². The Hall–Kier alpha value is -2.94. The van der Waals surface area contributed by atoms with Crippen LogP contribution in [0.5, 0.6) is 17.2 Å². The molecule has 2 saturated carbocycles. The van der Waals surface area contributed by atoms with Gasteiger partial charge in [-0.15, -0.1) is 0 Å². The van der Waals surface area contributed by atoms with Gasteiger partial charge in [-0.3, -0.25) is 0 Å². The molecule has 0 saturated heterocycles. The predicted octanol–water partition coefficient (Wildman–Crippen LogP) is 8.62. The first-order valence-corrected chi connectivity index (χ1v) is 14.0. The van der Waals surface area contributed by atoms with Crippen molar-refractivity contribution >= 4 is 0 Å². The fourth-order valence-corrected chi connectivity index (χ4v) is 6.96. The average Bonchev–Trinajstić information content (AvgIpc) is 2.91. The number of fused-ring (bicyclic) bond motifs is 2. The zero-order chi connectivity index (χ0) is 25.8. The fourth-order valence-electron chi connectivity index (χ4n) is 6.96. The maximum atomic E-state index is 6.67. The first kappa shape index (κ1) is 25.7. The van der Waals surface area contributed by atoms with Gasteiger partial charge in [0.1, 0.15) is 11.9 Å². The third-order valence-corrected chi connectivity index (χ3v) is 8.76. The summed E-state index contributed by atoms with van der Waals surface area (Å²) in [4.78, 5) is 0. The number of rotatable bonds is 9. The topological polar surface area (TPSA) is 27.7 Å². The van der Waals surface area contributed by atoms with Gasteiger partial charge in [0.2, 0.25) is 0 Å². The fraction of sp³-hybridized carbons (Fsp3) is 0.471. The van der Waals surface area contributed by atoms with E-state index >= 15 is 0 Å². The van der Waals surface area contributed by atoms with E-state index in [0.717, 1.165) is 41.9 Å². The van der Waals surface area contributed by atoms with E-state index in [1.807, 2.05) is 6.07 Å². The van der Waals surface area contributed by atoms with Crippen LogP contribution >= 0.6 is 0 Å². The Morgan fingerprint density at radius 1 is 0.865 bits per heavy atom. The molecule has 0 aliphatic heterocycles. The number of aryl methyl sites for hydroxylation is 2. The summed E-state index contributed by atoms with van der Waals surface area (Å²) in [6.45, 7) is 4.63. The quantitative estimate of drug-likeness (QED) is 0.295. The molecule has 3 heteroatoms. The van der Waals surface area contributed by atoms with E-state index in [-0.39, 0.29) is 6.10 Å². The zero-order valence-electron chi connectivity index (χ0n) is 23.0. The van der Waals surface area contributed by atoms with Crippen molar-refractivity contribution in [1.29, 1.82) is 0 Å². The minimum Gasteiger partial charge on any atom is -0.493 e. The van der Waals surface area contributed by atoms with Crippen LogP contribution in [0.15, 0.2) is 66.7 Å². The van der Waals surface area contributed by atoms with Crippen LogP contribution in [-0.4, -0.2) is 14.2 Å². The first-order chi connectivity index (χ1) is 18.0. The van der Waals surface area contributed by atoms with Gasteiger partial charge in [-0.2, -0.15) is 0 Å². The maximum absolute atomic E-state index is 6.67. The summed E-state index contributed by atoms with van der Waals surface area (Å²) >= 11 is 0. The van der Waals surface area contributed by atoms with E-state index in [0.29, 0.717) is 5.41 Å². The molecule has 0 spiro atoms. The van der Waals surface area contributed by atoms with E-state index in [1.54, 1.807) is 14.2 Å². The molecule has 2 fully saturated rings. The highest BCUT2D eigenvalue weighted by Crippen LogP contribution is 2.50. The summed E-state index contributed by atoms with van der Waals surface area (Å²) in [6, 6.07) is 23.9. The summed E-state index contributed by atoms with van der Waals surface area (Å²) in [6.07, 6.45) is 10.1. The highest BCUT2D eigenvalue weighted by molar-refractivity contribution is 5.43. The van der Waals surface area contributed by atoms with Crippen molar-refractivity contribution in [2.24, 2.45) is 11.8 Å². The Balaban J connectivity index is 1.32. The highest BCUT2D eigenvalue weighted by Gasteiger charge is 2.40. The average molecular weight is 499 g/mol. The van der Waals surface area contributed by atoms with Gasteiger partial charge in [0.15, 0.2) is 11.5 Å². The van der Waals surface area contributed by atoms with Gasteiger partial charge in [0.05, 0.1) is 14.2 Å². The number of ether oxygens (including phenoxy) is 3. The standard InChI is InChI=1S/C34H42O3/c1-24-7-5-10-28(19-24)31(17-11-25-12-18-32(35-3)33(21-25)36-4)37-30-15-13-29(14-16-30)34(2)22-26-8-6-9-27(20-26)23-34/h5,7,10,12-16,18-19,21,26-27,31H,6,8-9,11,17,20,22-23H2,1-4H3. The van der Waals surface area contributed by atoms with E-state index in [2.05, 4.69) is 74.5 Å². The van der Waals surface area contributed by atoms with Crippen molar-refractivity contribution in [2.45, 2.75) is 76.7 Å². The third-order valence-electron chi connectivity index (χ3n) is 8.76. The molecule has 0 radical (unpaired) electrons. The summed E-state index contributed by atoms with van der Waals surface area (Å²) in [7, 11) is 3.36. The van der Waals surface area contributed by atoms with Crippen LogP contribution in [-0.2, 0) is 11.8 Å². The smallest absolute Gasteiger partial charge is 0.160 e. The van der Waals surface area contributed by atoms with Crippen molar-refractivity contribution in [3.63, 3.8) is 0 Å². The Kier molecular flexibility index (Phi) is 7.79. The molecule has 0 N–H and O–H groups in total. The Bertz CT molecular complexity index is 1170. The number of hydrogen-bond donors (Lipinski definition) is 0. The summed E-state index contributed by atoms with van der Waals surface area (Å²) < 4.78 is 17.6. The summed E-state index contributed by atoms with van der Waals surface area (Å²) in [5.74, 6) is 4.30. The van der Waals surface area contributed by atoms with Gasteiger partial charge in [0, 0.05) is 0 Å². The molecule has 2 aliphatic rings. The zero-order valence-corrected chi connectivity index (χ0v) is 23.0. The second-order valence-corrected chi connectivity index (χ2v) is 11.6. The largest absolute Gasteiger partial charge is 0.493 e. The van der Waals surface area contributed by atoms with Crippen LogP contribution in [0.3, 0.4) is 0 Å². The van der Waals surface area contributed by atoms with Crippen LogP contribution in [0.25, 0.3) is 0 Å².